The molecule has 3 aromatic rings. The highest BCUT2D eigenvalue weighted by atomic mass is 16.4. The Labute approximate surface area is 116 Å². The van der Waals surface area contributed by atoms with Gasteiger partial charge in [0.1, 0.15) is 17.7 Å². The van der Waals surface area contributed by atoms with E-state index in [0.717, 1.165) is 40.7 Å². The van der Waals surface area contributed by atoms with Gasteiger partial charge in [-0.05, 0) is 24.8 Å². The van der Waals surface area contributed by atoms with Gasteiger partial charge in [-0.15, -0.1) is 0 Å². The van der Waals surface area contributed by atoms with Crippen LogP contribution in [0.3, 0.4) is 0 Å². The third-order valence-corrected chi connectivity index (χ3v) is 4.08. The highest BCUT2D eigenvalue weighted by Crippen LogP contribution is 2.30. The summed E-state index contributed by atoms with van der Waals surface area (Å²) in [6.07, 6.45) is 11.4. The maximum atomic E-state index is 5.89. The molecule has 0 amide bonds. The topological polar surface area (TPSA) is 67.6 Å². The van der Waals surface area contributed by atoms with Crippen LogP contribution in [0.4, 0.5) is 0 Å². The molecule has 0 atom stereocenters. The van der Waals surface area contributed by atoms with E-state index in [1.54, 1.807) is 12.5 Å². The molecular weight excluding hydrogens is 252 g/mol. The van der Waals surface area contributed by atoms with Gasteiger partial charge in [-0.2, -0.15) is 0 Å². The van der Waals surface area contributed by atoms with Crippen molar-refractivity contribution in [3.05, 3.63) is 30.7 Å². The first kappa shape index (κ1) is 11.6. The van der Waals surface area contributed by atoms with Gasteiger partial charge in [-0.3, -0.25) is 0 Å². The first-order valence-electron chi connectivity index (χ1n) is 7.13. The van der Waals surface area contributed by atoms with Crippen LogP contribution < -0.4 is 0 Å². The molecule has 0 bridgehead atoms. The minimum atomic E-state index is 0.727. The highest BCUT2D eigenvalue weighted by molar-refractivity contribution is 5.88. The molecule has 4 rings (SSSR count). The molecule has 1 fully saturated rings. The standard InChI is InChI=1S/C15H16N4O/c1-2-4-10(3-1)7-13-17-8-12(20-13)14-11-5-6-16-15(11)19-9-18-14/h5-6,8-10H,1-4,7H2,(H,16,18,19). The minimum absolute atomic E-state index is 0.727. The van der Waals surface area contributed by atoms with Crippen molar-refractivity contribution in [2.75, 3.05) is 0 Å². The predicted molar refractivity (Wildman–Crippen MR) is 75.0 cm³/mol. The van der Waals surface area contributed by atoms with Gasteiger partial charge in [-0.1, -0.05) is 12.8 Å². The predicted octanol–water partition coefficient (Wildman–Crippen LogP) is 3.35. The van der Waals surface area contributed by atoms with Gasteiger partial charge in [0, 0.05) is 18.0 Å². The van der Waals surface area contributed by atoms with Gasteiger partial charge in [0.05, 0.1) is 6.20 Å². The summed E-state index contributed by atoms with van der Waals surface area (Å²) in [5.74, 6) is 2.29. The van der Waals surface area contributed by atoms with Gasteiger partial charge in [0.25, 0.3) is 0 Å². The van der Waals surface area contributed by atoms with Crippen LogP contribution in [0.1, 0.15) is 31.6 Å². The third kappa shape index (κ3) is 1.99. The lowest BCUT2D eigenvalue weighted by Crippen LogP contribution is -1.98. The quantitative estimate of drug-likeness (QED) is 0.791. The van der Waals surface area contributed by atoms with E-state index in [-0.39, 0.29) is 0 Å². The van der Waals surface area contributed by atoms with Gasteiger partial charge >= 0.3 is 0 Å². The normalized spacial score (nSPS) is 16.2. The fourth-order valence-electron chi connectivity index (χ4n) is 3.04. The Morgan fingerprint density at radius 2 is 2.10 bits per heavy atom. The lowest BCUT2D eigenvalue weighted by molar-refractivity contribution is 0.437. The first-order chi connectivity index (χ1) is 9.90. The Morgan fingerprint density at radius 1 is 1.20 bits per heavy atom. The van der Waals surface area contributed by atoms with Crippen molar-refractivity contribution in [2.45, 2.75) is 32.1 Å². The molecule has 1 aliphatic carbocycles. The lowest BCUT2D eigenvalue weighted by Gasteiger charge is -2.04. The number of oxazole rings is 1. The number of nitrogens with one attached hydrogen (secondary N) is 1. The summed E-state index contributed by atoms with van der Waals surface area (Å²) in [6, 6.07) is 1.96. The maximum absolute atomic E-state index is 5.89. The third-order valence-electron chi connectivity index (χ3n) is 4.08. The fraction of sp³-hybridized carbons (Fsp3) is 0.400. The SMILES string of the molecule is c1nc(-c2cnc(CC3CCCC3)o2)c2cc[nH]c2n1. The van der Waals surface area contributed by atoms with E-state index in [0.29, 0.717) is 0 Å². The van der Waals surface area contributed by atoms with Crippen molar-refractivity contribution in [3.63, 3.8) is 0 Å². The molecule has 0 unspecified atom stereocenters. The largest absolute Gasteiger partial charge is 0.439 e. The van der Waals surface area contributed by atoms with E-state index in [1.807, 2.05) is 12.3 Å². The number of aromatic nitrogens is 4. The van der Waals surface area contributed by atoms with Crippen molar-refractivity contribution in [1.29, 1.82) is 0 Å². The summed E-state index contributed by atoms with van der Waals surface area (Å²) in [5, 5.41) is 0.969. The minimum Gasteiger partial charge on any atom is -0.439 e. The van der Waals surface area contributed by atoms with Crippen LogP contribution in [-0.2, 0) is 6.42 Å². The molecule has 0 spiro atoms. The van der Waals surface area contributed by atoms with Crippen LogP contribution in [0.2, 0.25) is 0 Å². The summed E-state index contributed by atoms with van der Waals surface area (Å²) in [4.78, 5) is 16.0. The van der Waals surface area contributed by atoms with Gasteiger partial charge in [0.2, 0.25) is 0 Å². The molecule has 0 aliphatic heterocycles. The number of hydrogen-bond acceptors (Lipinski definition) is 4. The Hall–Kier alpha value is -2.17. The van der Waals surface area contributed by atoms with Crippen LogP contribution in [0.25, 0.3) is 22.5 Å². The molecule has 5 heteroatoms. The highest BCUT2D eigenvalue weighted by Gasteiger charge is 2.19. The van der Waals surface area contributed by atoms with E-state index in [9.17, 15) is 0 Å². The molecule has 5 nitrogen and oxygen atoms in total. The zero-order valence-corrected chi connectivity index (χ0v) is 11.2. The van der Waals surface area contributed by atoms with E-state index in [4.69, 9.17) is 4.42 Å². The fourth-order valence-corrected chi connectivity index (χ4v) is 3.04. The average molecular weight is 268 g/mol. The van der Waals surface area contributed by atoms with Crippen LogP contribution in [0, 0.1) is 5.92 Å². The summed E-state index contributed by atoms with van der Waals surface area (Å²) >= 11 is 0. The number of fused-ring (bicyclic) bond motifs is 1. The van der Waals surface area contributed by atoms with Crippen LogP contribution >= 0.6 is 0 Å². The second kappa shape index (κ2) is 4.74. The van der Waals surface area contributed by atoms with Crippen LogP contribution in [-0.4, -0.2) is 19.9 Å². The Kier molecular flexibility index (Phi) is 2.76. The van der Waals surface area contributed by atoms with Gasteiger partial charge in [0.15, 0.2) is 11.7 Å². The number of H-pyrrole nitrogens is 1. The average Bonchev–Trinajstić information content (AvgIpc) is 3.19. The van der Waals surface area contributed by atoms with Crippen molar-refractivity contribution in [3.8, 4) is 11.5 Å². The molecule has 3 aromatic heterocycles. The zero-order chi connectivity index (χ0) is 13.4. The monoisotopic (exact) mass is 268 g/mol. The Morgan fingerprint density at radius 3 is 3.00 bits per heavy atom. The summed E-state index contributed by atoms with van der Waals surface area (Å²) in [7, 11) is 0. The Bertz CT molecular complexity index is 724. The van der Waals surface area contributed by atoms with Crippen molar-refractivity contribution >= 4 is 11.0 Å². The van der Waals surface area contributed by atoms with Crippen molar-refractivity contribution in [2.24, 2.45) is 5.92 Å². The number of rotatable bonds is 3. The number of hydrogen-bond donors (Lipinski definition) is 1. The molecule has 1 N–H and O–H groups in total. The molecule has 20 heavy (non-hydrogen) atoms. The molecule has 3 heterocycles. The van der Waals surface area contributed by atoms with E-state index in [2.05, 4.69) is 19.9 Å². The second-order valence-electron chi connectivity index (χ2n) is 5.44. The zero-order valence-electron chi connectivity index (χ0n) is 11.2. The van der Waals surface area contributed by atoms with Crippen molar-refractivity contribution < 1.29 is 4.42 Å². The summed E-state index contributed by atoms with van der Waals surface area (Å²) in [5.41, 5.74) is 1.63. The molecule has 1 saturated carbocycles. The van der Waals surface area contributed by atoms with Crippen molar-refractivity contribution in [1.82, 2.24) is 19.9 Å². The molecule has 0 radical (unpaired) electrons. The smallest absolute Gasteiger partial charge is 0.195 e. The lowest BCUT2D eigenvalue weighted by atomic mass is 10.0. The second-order valence-corrected chi connectivity index (χ2v) is 5.44. The van der Waals surface area contributed by atoms with E-state index >= 15 is 0 Å². The van der Waals surface area contributed by atoms with E-state index in [1.165, 1.54) is 25.7 Å². The number of aromatic amines is 1. The van der Waals surface area contributed by atoms with Gasteiger partial charge in [-0.25, -0.2) is 15.0 Å². The Balaban J connectivity index is 1.65. The maximum Gasteiger partial charge on any atom is 0.195 e. The summed E-state index contributed by atoms with van der Waals surface area (Å²) < 4.78 is 5.89. The van der Waals surface area contributed by atoms with E-state index < -0.39 is 0 Å². The molecular formula is C15H16N4O. The first-order valence-corrected chi connectivity index (χ1v) is 7.13. The van der Waals surface area contributed by atoms with Crippen LogP contribution in [0.5, 0.6) is 0 Å². The summed E-state index contributed by atoms with van der Waals surface area (Å²) in [6.45, 7) is 0. The molecule has 1 aliphatic rings. The number of nitrogens with zero attached hydrogens (tertiary/aromatic N) is 3. The van der Waals surface area contributed by atoms with Crippen LogP contribution in [0.15, 0.2) is 29.2 Å². The van der Waals surface area contributed by atoms with Gasteiger partial charge < -0.3 is 9.40 Å². The molecule has 0 aromatic carbocycles. The molecule has 102 valence electrons. The molecule has 0 saturated heterocycles.